The van der Waals surface area contributed by atoms with Crippen molar-refractivity contribution in [1.82, 2.24) is 0 Å². The van der Waals surface area contributed by atoms with Crippen LogP contribution in [0.3, 0.4) is 0 Å². The smallest absolute Gasteiger partial charge is 0.0135 e. The first-order valence-corrected chi connectivity index (χ1v) is 14.0. The fourth-order valence-electron chi connectivity index (χ4n) is 3.47. The Morgan fingerprint density at radius 2 is 1.09 bits per heavy atom. The average Bonchev–Trinajstić information content (AvgIpc) is 3.40. The fraction of sp³-hybridized carbons (Fsp3) is 0.600. The quantitative estimate of drug-likeness (QED) is 0.500. The van der Waals surface area contributed by atoms with Crippen molar-refractivity contribution in [2.75, 3.05) is 0 Å². The lowest BCUT2D eigenvalue weighted by atomic mass is 10.1. The van der Waals surface area contributed by atoms with Crippen LogP contribution in [0.4, 0.5) is 0 Å². The summed E-state index contributed by atoms with van der Waals surface area (Å²) in [5.41, 5.74) is 0. The molecule has 0 aromatic carbocycles. The van der Waals surface area contributed by atoms with Crippen molar-refractivity contribution in [3.63, 3.8) is 0 Å². The second-order valence-electron chi connectivity index (χ2n) is 6.70. The zero-order valence-corrected chi connectivity index (χ0v) is 17.8. The van der Waals surface area contributed by atoms with Crippen molar-refractivity contribution in [3.8, 4) is 0 Å². The molecule has 2 saturated carbocycles. The lowest BCUT2D eigenvalue weighted by molar-refractivity contribution is 0.738. The Bertz CT molecular complexity index is 431. The van der Waals surface area contributed by atoms with Crippen LogP contribution in [0.15, 0.2) is 35.0 Å². The van der Waals surface area contributed by atoms with Gasteiger partial charge in [0.05, 0.1) is 0 Å². The summed E-state index contributed by atoms with van der Waals surface area (Å²) >= 11 is 3.84. The molecule has 0 aliphatic heterocycles. The summed E-state index contributed by atoms with van der Waals surface area (Å²) in [6.45, 7) is 4.53. The molecule has 0 unspecified atom stereocenters. The first-order valence-electron chi connectivity index (χ1n) is 9.41. The average molecular weight is 365 g/mol. The van der Waals surface area contributed by atoms with Gasteiger partial charge in [0.1, 0.15) is 0 Å². The van der Waals surface area contributed by atoms with Crippen molar-refractivity contribution in [2.45, 2.75) is 76.3 Å². The standard InChI is InChI=1S/2C9H12S.C2H8Si/c2*1-2-5-8(4-1)9-6-3-7-10-9;1-3-2/h2*3,6-8H,1-2,4-5H2;3H2,1-2H3. The first kappa shape index (κ1) is 18.9. The van der Waals surface area contributed by atoms with E-state index >= 15 is 0 Å². The van der Waals surface area contributed by atoms with Gasteiger partial charge in [0.2, 0.25) is 0 Å². The van der Waals surface area contributed by atoms with Crippen LogP contribution in [0.5, 0.6) is 0 Å². The third kappa shape index (κ3) is 6.56. The maximum Gasteiger partial charge on any atom is 0.0135 e. The van der Waals surface area contributed by atoms with Gasteiger partial charge < -0.3 is 0 Å². The summed E-state index contributed by atoms with van der Waals surface area (Å²) in [6.07, 6.45) is 11.5. The number of hydrogen-bond donors (Lipinski definition) is 0. The molecule has 0 N–H and O–H groups in total. The highest BCUT2D eigenvalue weighted by atomic mass is 32.1. The molecule has 0 saturated heterocycles. The Labute approximate surface area is 153 Å². The van der Waals surface area contributed by atoms with Crippen LogP contribution in [-0.2, 0) is 0 Å². The Kier molecular flexibility index (Phi) is 9.24. The third-order valence-corrected chi connectivity index (χ3v) is 6.67. The minimum Gasteiger partial charge on any atom is -0.149 e. The number of rotatable bonds is 2. The summed E-state index contributed by atoms with van der Waals surface area (Å²) in [5, 5.41) is 4.38. The second-order valence-corrected chi connectivity index (χ2v) is 10.1. The van der Waals surface area contributed by atoms with Crippen LogP contribution in [0.25, 0.3) is 0 Å². The van der Waals surface area contributed by atoms with Crippen LogP contribution in [0.1, 0.15) is 73.0 Å². The molecule has 0 spiro atoms. The molecule has 2 aliphatic rings. The van der Waals surface area contributed by atoms with Gasteiger partial charge in [-0.15, -0.1) is 22.7 Å². The van der Waals surface area contributed by atoms with Gasteiger partial charge in [-0.3, -0.25) is 0 Å². The van der Waals surface area contributed by atoms with E-state index in [1.807, 2.05) is 22.7 Å². The number of thiophene rings is 2. The van der Waals surface area contributed by atoms with Gasteiger partial charge in [0, 0.05) is 19.3 Å². The van der Waals surface area contributed by atoms with E-state index in [1.54, 1.807) is 9.75 Å². The maximum absolute atomic E-state index is 2.28. The number of hydrogen-bond acceptors (Lipinski definition) is 2. The van der Waals surface area contributed by atoms with E-state index in [2.05, 4.69) is 48.1 Å². The minimum absolute atomic E-state index is 0.417. The molecule has 0 nitrogen and oxygen atoms in total. The van der Waals surface area contributed by atoms with Crippen LogP contribution in [0.2, 0.25) is 13.1 Å². The lowest BCUT2D eigenvalue weighted by Crippen LogP contribution is -1.85. The Hall–Kier alpha value is -0.383. The predicted molar refractivity (Wildman–Crippen MR) is 111 cm³/mol. The minimum atomic E-state index is 0.417. The monoisotopic (exact) mass is 364 g/mol. The molecule has 0 bridgehead atoms. The van der Waals surface area contributed by atoms with E-state index in [0.717, 1.165) is 11.8 Å². The van der Waals surface area contributed by atoms with Crippen molar-refractivity contribution < 1.29 is 0 Å². The van der Waals surface area contributed by atoms with Crippen LogP contribution < -0.4 is 0 Å². The van der Waals surface area contributed by atoms with Crippen molar-refractivity contribution in [1.29, 1.82) is 0 Å². The highest BCUT2D eigenvalue weighted by Crippen LogP contribution is 2.36. The van der Waals surface area contributed by atoms with Crippen LogP contribution in [-0.4, -0.2) is 9.52 Å². The first-order chi connectivity index (χ1) is 11.3. The molecule has 2 aromatic rings. The predicted octanol–water partition coefficient (Wildman–Crippen LogP) is 7.06. The Morgan fingerprint density at radius 1 is 0.739 bits per heavy atom. The molecule has 128 valence electrons. The molecule has 3 heteroatoms. The van der Waals surface area contributed by atoms with Gasteiger partial charge in [-0.05, 0) is 60.4 Å². The van der Waals surface area contributed by atoms with E-state index in [1.165, 1.54) is 51.4 Å². The lowest BCUT2D eigenvalue weighted by Gasteiger charge is -2.03. The molecule has 4 rings (SSSR count). The molecular formula is C20H32S2Si. The van der Waals surface area contributed by atoms with E-state index < -0.39 is 0 Å². The van der Waals surface area contributed by atoms with Crippen molar-refractivity contribution in [2.24, 2.45) is 0 Å². The van der Waals surface area contributed by atoms with Gasteiger partial charge >= 0.3 is 0 Å². The maximum atomic E-state index is 2.28. The largest absolute Gasteiger partial charge is 0.149 e. The van der Waals surface area contributed by atoms with Crippen molar-refractivity contribution >= 4 is 32.2 Å². The van der Waals surface area contributed by atoms with Gasteiger partial charge in [-0.2, -0.15) is 0 Å². The van der Waals surface area contributed by atoms with Crippen LogP contribution >= 0.6 is 22.7 Å². The van der Waals surface area contributed by atoms with Crippen molar-refractivity contribution in [3.05, 3.63) is 44.8 Å². The molecule has 2 heterocycles. The molecule has 2 aliphatic carbocycles. The SMILES string of the molecule is C[SiH2]C.c1csc(C2CCCC2)c1.c1csc(C2CCCC2)c1. The second kappa shape index (κ2) is 11.2. The summed E-state index contributed by atoms with van der Waals surface area (Å²) in [6, 6.07) is 8.89. The van der Waals surface area contributed by atoms with Crippen LogP contribution in [0, 0.1) is 0 Å². The summed E-state index contributed by atoms with van der Waals surface area (Å²) in [4.78, 5) is 3.22. The van der Waals surface area contributed by atoms with Gasteiger partial charge in [-0.25, -0.2) is 0 Å². The molecular weight excluding hydrogens is 332 g/mol. The molecule has 2 fully saturated rings. The van der Waals surface area contributed by atoms with E-state index in [-0.39, 0.29) is 0 Å². The normalized spacial score (nSPS) is 18.2. The molecule has 0 atom stereocenters. The van der Waals surface area contributed by atoms with Gasteiger partial charge in [0.25, 0.3) is 0 Å². The summed E-state index contributed by atoms with van der Waals surface area (Å²) in [5.74, 6) is 1.83. The van der Waals surface area contributed by atoms with E-state index in [0.29, 0.717) is 9.52 Å². The van der Waals surface area contributed by atoms with Gasteiger partial charge in [-0.1, -0.05) is 50.9 Å². The molecule has 0 amide bonds. The van der Waals surface area contributed by atoms with Gasteiger partial charge in [0.15, 0.2) is 0 Å². The summed E-state index contributed by atoms with van der Waals surface area (Å²) in [7, 11) is 0.417. The molecule has 23 heavy (non-hydrogen) atoms. The molecule has 2 aromatic heterocycles. The zero-order chi connectivity index (χ0) is 16.3. The highest BCUT2D eigenvalue weighted by Gasteiger charge is 2.17. The van der Waals surface area contributed by atoms with E-state index in [4.69, 9.17) is 0 Å². The van der Waals surface area contributed by atoms with E-state index in [9.17, 15) is 0 Å². The topological polar surface area (TPSA) is 0 Å². The third-order valence-electron chi connectivity index (χ3n) is 4.60. The fourth-order valence-corrected chi connectivity index (χ4v) is 5.27. The highest BCUT2D eigenvalue weighted by molar-refractivity contribution is 7.10. The zero-order valence-electron chi connectivity index (χ0n) is 14.8. The summed E-state index contributed by atoms with van der Waals surface area (Å²) < 4.78 is 0. The Balaban J connectivity index is 0.000000143. The molecule has 0 radical (unpaired) electrons. The Morgan fingerprint density at radius 3 is 1.35 bits per heavy atom.